The monoisotopic (exact) mass is 496 g/mol. The Bertz CT molecular complexity index is 1630. The van der Waals surface area contributed by atoms with Crippen molar-refractivity contribution < 1.29 is 23.8 Å². The Morgan fingerprint density at radius 2 is 1.62 bits per heavy atom. The fourth-order valence-electron chi connectivity index (χ4n) is 4.26. The molecule has 4 aromatic carbocycles. The summed E-state index contributed by atoms with van der Waals surface area (Å²) in [6.07, 6.45) is 0. The molecule has 0 unspecified atom stereocenters. The third kappa shape index (κ3) is 4.84. The molecular weight excluding hydrogens is 474 g/mol. The predicted molar refractivity (Wildman–Crippen MR) is 139 cm³/mol. The highest BCUT2D eigenvalue weighted by molar-refractivity contribution is 6.08. The van der Waals surface area contributed by atoms with Crippen LogP contribution in [0.4, 0.5) is 14.5 Å². The number of hydrogen-bond donors (Lipinski definition) is 2. The number of carbonyl (C=O) groups is 1. The van der Waals surface area contributed by atoms with Gasteiger partial charge in [-0.15, -0.1) is 0 Å². The lowest BCUT2D eigenvalue weighted by Gasteiger charge is -2.24. The van der Waals surface area contributed by atoms with Crippen LogP contribution < -0.4 is 4.90 Å². The molecule has 5 aromatic rings. The van der Waals surface area contributed by atoms with Crippen LogP contribution in [0.25, 0.3) is 22.2 Å². The van der Waals surface area contributed by atoms with Crippen molar-refractivity contribution in [1.82, 2.24) is 4.98 Å². The number of aryl methyl sites for hydroxylation is 1. The van der Waals surface area contributed by atoms with Crippen molar-refractivity contribution >= 4 is 22.5 Å². The second kappa shape index (κ2) is 9.70. The largest absolute Gasteiger partial charge is 0.508 e. The van der Waals surface area contributed by atoms with Crippen LogP contribution in [0.2, 0.25) is 0 Å². The molecule has 5 rings (SSSR count). The number of fused-ring (bicyclic) bond motifs is 1. The van der Waals surface area contributed by atoms with E-state index in [1.807, 2.05) is 43.3 Å². The van der Waals surface area contributed by atoms with Crippen LogP contribution in [0.5, 0.6) is 11.5 Å². The molecule has 1 heterocycles. The molecule has 0 fully saturated rings. The number of anilines is 1. The van der Waals surface area contributed by atoms with Gasteiger partial charge in [-0.3, -0.25) is 4.79 Å². The number of phenolic OH excluding ortho intramolecular Hbond substituents is 2. The third-order valence-electron chi connectivity index (χ3n) is 6.15. The summed E-state index contributed by atoms with van der Waals surface area (Å²) in [4.78, 5) is 19.6. The van der Waals surface area contributed by atoms with Crippen LogP contribution in [0.15, 0.2) is 91.0 Å². The SMILES string of the molecule is Cc1cc2ccccc2nc1-c1ccc(N(Cc2ccc(F)c(F)c2)C(=O)c2ccc(O)cc2O)cc1. The summed E-state index contributed by atoms with van der Waals surface area (Å²) in [5.74, 6) is -3.17. The van der Waals surface area contributed by atoms with Gasteiger partial charge in [-0.2, -0.15) is 0 Å². The van der Waals surface area contributed by atoms with Gasteiger partial charge in [0.15, 0.2) is 11.6 Å². The molecule has 0 saturated carbocycles. The highest BCUT2D eigenvalue weighted by Gasteiger charge is 2.22. The lowest BCUT2D eigenvalue weighted by Crippen LogP contribution is -2.30. The van der Waals surface area contributed by atoms with Gasteiger partial charge in [0.2, 0.25) is 0 Å². The van der Waals surface area contributed by atoms with E-state index in [1.54, 1.807) is 12.1 Å². The number of para-hydroxylation sites is 1. The van der Waals surface area contributed by atoms with Crippen molar-refractivity contribution in [3.05, 3.63) is 119 Å². The van der Waals surface area contributed by atoms with Crippen LogP contribution in [-0.2, 0) is 6.54 Å². The van der Waals surface area contributed by atoms with Gasteiger partial charge in [0.05, 0.1) is 23.3 Å². The van der Waals surface area contributed by atoms with Gasteiger partial charge < -0.3 is 15.1 Å². The topological polar surface area (TPSA) is 73.7 Å². The van der Waals surface area contributed by atoms with Gasteiger partial charge in [0.25, 0.3) is 5.91 Å². The Labute approximate surface area is 211 Å². The molecule has 7 heteroatoms. The maximum absolute atomic E-state index is 13.9. The second-order valence-electron chi connectivity index (χ2n) is 8.73. The molecule has 0 aliphatic rings. The van der Waals surface area contributed by atoms with E-state index >= 15 is 0 Å². The number of carbonyl (C=O) groups excluding carboxylic acids is 1. The van der Waals surface area contributed by atoms with Gasteiger partial charge >= 0.3 is 0 Å². The zero-order valence-electron chi connectivity index (χ0n) is 19.8. The molecule has 0 aliphatic heterocycles. The van der Waals surface area contributed by atoms with Gasteiger partial charge in [-0.25, -0.2) is 13.8 Å². The van der Waals surface area contributed by atoms with Gasteiger partial charge in [-0.05, 0) is 66.6 Å². The number of halogens is 2. The maximum atomic E-state index is 13.9. The van der Waals surface area contributed by atoms with E-state index < -0.39 is 23.3 Å². The fourth-order valence-corrected chi connectivity index (χ4v) is 4.26. The summed E-state index contributed by atoms with van der Waals surface area (Å²) in [6.45, 7) is 1.90. The van der Waals surface area contributed by atoms with Gasteiger partial charge in [-0.1, -0.05) is 36.4 Å². The standard InChI is InChI=1S/C30H22F2N2O3/c1-18-14-21-4-2-3-5-27(21)33-29(18)20-7-9-22(10-8-20)34(17-19-6-13-25(31)26(32)15-19)30(37)24-12-11-23(35)16-28(24)36/h2-16,35-36H,17H2,1H3. The molecule has 5 nitrogen and oxygen atoms in total. The Morgan fingerprint density at radius 3 is 2.35 bits per heavy atom. The number of pyridine rings is 1. The number of hydrogen-bond acceptors (Lipinski definition) is 4. The van der Waals surface area contributed by atoms with Crippen molar-refractivity contribution in [2.45, 2.75) is 13.5 Å². The normalized spacial score (nSPS) is 11.0. The molecule has 0 bridgehead atoms. The highest BCUT2D eigenvalue weighted by atomic mass is 19.2. The first-order valence-electron chi connectivity index (χ1n) is 11.5. The van der Waals surface area contributed by atoms with Crippen LogP contribution in [-0.4, -0.2) is 21.1 Å². The minimum atomic E-state index is -1.02. The molecule has 1 aromatic heterocycles. The van der Waals surface area contributed by atoms with Crippen LogP contribution in [0.1, 0.15) is 21.5 Å². The van der Waals surface area contributed by atoms with E-state index in [-0.39, 0.29) is 17.9 Å². The van der Waals surface area contributed by atoms with Gasteiger partial charge in [0.1, 0.15) is 11.5 Å². The number of nitrogens with zero attached hydrogens (tertiary/aromatic N) is 2. The van der Waals surface area contributed by atoms with Crippen molar-refractivity contribution in [1.29, 1.82) is 0 Å². The molecule has 0 saturated heterocycles. The zero-order valence-corrected chi connectivity index (χ0v) is 19.8. The number of aromatic hydroxyl groups is 2. The number of phenols is 2. The van der Waals surface area contributed by atoms with E-state index in [1.165, 1.54) is 23.1 Å². The van der Waals surface area contributed by atoms with Crippen LogP contribution >= 0.6 is 0 Å². The first-order chi connectivity index (χ1) is 17.8. The Balaban J connectivity index is 1.54. The molecule has 2 N–H and O–H groups in total. The average Bonchev–Trinajstić information content (AvgIpc) is 2.89. The molecule has 1 amide bonds. The summed E-state index contributed by atoms with van der Waals surface area (Å²) >= 11 is 0. The Morgan fingerprint density at radius 1 is 0.865 bits per heavy atom. The molecular formula is C30H22F2N2O3. The summed E-state index contributed by atoms with van der Waals surface area (Å²) in [6, 6.07) is 24.1. The quantitative estimate of drug-likeness (QED) is 0.282. The third-order valence-corrected chi connectivity index (χ3v) is 6.15. The van der Waals surface area contributed by atoms with E-state index in [0.717, 1.165) is 45.9 Å². The lowest BCUT2D eigenvalue weighted by atomic mass is 10.0. The van der Waals surface area contributed by atoms with E-state index in [9.17, 15) is 23.8 Å². The van der Waals surface area contributed by atoms with Gasteiger partial charge in [0, 0.05) is 22.7 Å². The lowest BCUT2D eigenvalue weighted by molar-refractivity contribution is 0.0982. The Hall–Kier alpha value is -4.78. The minimum Gasteiger partial charge on any atom is -0.508 e. The first-order valence-corrected chi connectivity index (χ1v) is 11.5. The van der Waals surface area contributed by atoms with Crippen molar-refractivity contribution in [2.24, 2.45) is 0 Å². The molecule has 0 radical (unpaired) electrons. The number of rotatable bonds is 5. The molecule has 0 spiro atoms. The fraction of sp³-hybridized carbons (Fsp3) is 0.0667. The molecule has 0 atom stereocenters. The van der Waals surface area contributed by atoms with Crippen molar-refractivity contribution in [2.75, 3.05) is 4.90 Å². The predicted octanol–water partition coefficient (Wildman–Crippen LogP) is 6.75. The van der Waals surface area contributed by atoms with Crippen LogP contribution in [0, 0.1) is 18.6 Å². The van der Waals surface area contributed by atoms with E-state index in [0.29, 0.717) is 11.3 Å². The van der Waals surface area contributed by atoms with E-state index in [2.05, 4.69) is 6.07 Å². The summed E-state index contributed by atoms with van der Waals surface area (Å²) < 4.78 is 27.4. The number of benzene rings is 4. The second-order valence-corrected chi connectivity index (χ2v) is 8.73. The zero-order chi connectivity index (χ0) is 26.1. The number of amides is 1. The molecule has 37 heavy (non-hydrogen) atoms. The summed E-state index contributed by atoms with van der Waals surface area (Å²) in [5.41, 5.74) is 4.31. The van der Waals surface area contributed by atoms with Crippen molar-refractivity contribution in [3.8, 4) is 22.8 Å². The minimum absolute atomic E-state index is 0.0449. The van der Waals surface area contributed by atoms with E-state index in [4.69, 9.17) is 4.98 Å². The summed E-state index contributed by atoms with van der Waals surface area (Å²) in [5, 5.41) is 21.0. The summed E-state index contributed by atoms with van der Waals surface area (Å²) in [7, 11) is 0. The van der Waals surface area contributed by atoms with Crippen LogP contribution in [0.3, 0.4) is 0 Å². The molecule has 0 aliphatic carbocycles. The van der Waals surface area contributed by atoms with Crippen molar-refractivity contribution in [3.63, 3.8) is 0 Å². The average molecular weight is 497 g/mol. The Kier molecular flexibility index (Phi) is 6.27. The molecule has 184 valence electrons. The first kappa shape index (κ1) is 23.9. The number of aromatic nitrogens is 1. The highest BCUT2D eigenvalue weighted by Crippen LogP contribution is 2.30. The maximum Gasteiger partial charge on any atom is 0.262 e. The smallest absolute Gasteiger partial charge is 0.262 e.